The molecule has 1 heterocycles. The maximum absolute atomic E-state index is 13.1. The van der Waals surface area contributed by atoms with Gasteiger partial charge in [0.05, 0.1) is 5.54 Å². The van der Waals surface area contributed by atoms with Crippen LogP contribution in [0.15, 0.2) is 60.7 Å². The van der Waals surface area contributed by atoms with E-state index in [2.05, 4.69) is 59.2 Å². The number of para-hydroxylation sites is 1. The number of hydrogen-bond donors (Lipinski definition) is 2. The SMILES string of the molecule is CCCCC1(N(C(=O)CC)c2ccccc2)CCN(Cc2ccccc2)CC1.O=C(O)C(=O)O. The minimum absolute atomic E-state index is 0.0579. The van der Waals surface area contributed by atoms with E-state index in [1.165, 1.54) is 18.4 Å². The summed E-state index contributed by atoms with van der Waals surface area (Å²) in [4.78, 5) is 36.0. The van der Waals surface area contributed by atoms with Crippen LogP contribution in [0.3, 0.4) is 0 Å². The maximum atomic E-state index is 13.1. The Labute approximate surface area is 202 Å². The number of nitrogens with zero attached hydrogens (tertiary/aromatic N) is 2. The quantitative estimate of drug-likeness (QED) is 0.540. The molecule has 0 spiro atoms. The molecule has 0 unspecified atom stereocenters. The third-order valence-corrected chi connectivity index (χ3v) is 6.26. The molecule has 1 fully saturated rings. The monoisotopic (exact) mass is 468 g/mol. The van der Waals surface area contributed by atoms with Crippen molar-refractivity contribution < 1.29 is 24.6 Å². The molecule has 0 saturated carbocycles. The molecule has 2 aromatic carbocycles. The van der Waals surface area contributed by atoms with Crippen molar-refractivity contribution in [2.45, 2.75) is 64.5 Å². The Balaban J connectivity index is 0.000000604. The molecule has 0 aliphatic carbocycles. The molecule has 3 rings (SSSR count). The molecule has 1 saturated heterocycles. The Morgan fingerprint density at radius 2 is 1.41 bits per heavy atom. The molecule has 1 aliphatic heterocycles. The first-order valence-electron chi connectivity index (χ1n) is 11.9. The predicted molar refractivity (Wildman–Crippen MR) is 133 cm³/mol. The molecule has 0 bridgehead atoms. The highest BCUT2D eigenvalue weighted by Gasteiger charge is 2.42. The van der Waals surface area contributed by atoms with Gasteiger partial charge in [0.25, 0.3) is 0 Å². The minimum Gasteiger partial charge on any atom is -0.473 e. The molecule has 0 radical (unpaired) electrons. The fourth-order valence-electron chi connectivity index (χ4n) is 4.48. The van der Waals surface area contributed by atoms with Gasteiger partial charge in [-0.3, -0.25) is 9.69 Å². The second-order valence-electron chi connectivity index (χ2n) is 8.62. The van der Waals surface area contributed by atoms with Crippen molar-refractivity contribution in [3.8, 4) is 0 Å². The number of rotatable bonds is 8. The first-order chi connectivity index (χ1) is 16.3. The molecule has 7 nitrogen and oxygen atoms in total. The predicted octanol–water partition coefficient (Wildman–Crippen LogP) is 4.81. The highest BCUT2D eigenvalue weighted by molar-refractivity contribution is 6.27. The number of likely N-dealkylation sites (tertiary alicyclic amines) is 1. The molecule has 0 atom stereocenters. The normalized spacial score (nSPS) is 15.0. The van der Waals surface area contributed by atoms with Gasteiger partial charge in [0.1, 0.15) is 0 Å². The fourth-order valence-corrected chi connectivity index (χ4v) is 4.48. The van der Waals surface area contributed by atoms with Crippen molar-refractivity contribution >= 4 is 23.5 Å². The average molecular weight is 469 g/mol. The van der Waals surface area contributed by atoms with Crippen LogP contribution >= 0.6 is 0 Å². The fraction of sp³-hybridized carbons (Fsp3) is 0.444. The van der Waals surface area contributed by atoms with Crippen LogP contribution in [0.2, 0.25) is 0 Å². The summed E-state index contributed by atoms with van der Waals surface area (Å²) in [6.45, 7) is 7.30. The zero-order valence-corrected chi connectivity index (χ0v) is 20.2. The van der Waals surface area contributed by atoms with E-state index in [0.717, 1.165) is 44.6 Å². The lowest BCUT2D eigenvalue weighted by Crippen LogP contribution is -2.57. The van der Waals surface area contributed by atoms with Crippen LogP contribution < -0.4 is 4.90 Å². The Bertz CT molecular complexity index is 897. The first kappa shape index (κ1) is 27.1. The maximum Gasteiger partial charge on any atom is 0.414 e. The van der Waals surface area contributed by atoms with E-state index in [-0.39, 0.29) is 11.4 Å². The smallest absolute Gasteiger partial charge is 0.414 e. The molecular formula is C27H36N2O5. The number of carboxylic acid groups (broad SMARTS) is 2. The summed E-state index contributed by atoms with van der Waals surface area (Å²) in [5.74, 6) is -3.40. The standard InChI is InChI=1S/C25H34N2O.C2H2O4/c1-3-5-16-25(27(24(28)4-2)23-14-10-7-11-15-23)17-19-26(20-18-25)21-22-12-8-6-9-13-22;3-1(4)2(5)6/h6-15H,3-5,16-21H2,1-2H3;(H,3,4)(H,5,6). The largest absolute Gasteiger partial charge is 0.473 e. The van der Waals surface area contributed by atoms with Gasteiger partial charge < -0.3 is 15.1 Å². The van der Waals surface area contributed by atoms with Crippen molar-refractivity contribution in [1.29, 1.82) is 0 Å². The minimum atomic E-state index is -1.82. The summed E-state index contributed by atoms with van der Waals surface area (Å²) >= 11 is 0. The van der Waals surface area contributed by atoms with Crippen LogP contribution in [0.5, 0.6) is 0 Å². The van der Waals surface area contributed by atoms with Crippen LogP contribution in [-0.2, 0) is 20.9 Å². The van der Waals surface area contributed by atoms with Crippen LogP contribution in [0, 0.1) is 0 Å². The number of unbranched alkanes of at least 4 members (excludes halogenated alkanes) is 1. The zero-order valence-electron chi connectivity index (χ0n) is 20.2. The van der Waals surface area contributed by atoms with Gasteiger partial charge in [0, 0.05) is 31.7 Å². The summed E-state index contributed by atoms with van der Waals surface area (Å²) < 4.78 is 0. The summed E-state index contributed by atoms with van der Waals surface area (Å²) in [6, 6.07) is 21.0. The van der Waals surface area contributed by atoms with E-state index in [0.29, 0.717) is 6.42 Å². The lowest BCUT2D eigenvalue weighted by molar-refractivity contribution is -0.159. The number of hydrogen-bond acceptors (Lipinski definition) is 4. The Kier molecular flexibility index (Phi) is 10.7. The highest BCUT2D eigenvalue weighted by atomic mass is 16.4. The Morgan fingerprint density at radius 3 is 1.88 bits per heavy atom. The van der Waals surface area contributed by atoms with Crippen molar-refractivity contribution in [3.05, 3.63) is 66.2 Å². The zero-order chi connectivity index (χ0) is 25.0. The number of amides is 1. The van der Waals surface area contributed by atoms with Crippen molar-refractivity contribution in [2.24, 2.45) is 0 Å². The molecule has 7 heteroatoms. The molecule has 1 amide bonds. The lowest BCUT2D eigenvalue weighted by atomic mass is 9.80. The van der Waals surface area contributed by atoms with Gasteiger partial charge in [0.15, 0.2) is 0 Å². The number of carboxylic acids is 2. The number of piperidine rings is 1. The molecule has 34 heavy (non-hydrogen) atoms. The number of aliphatic carboxylic acids is 2. The van der Waals surface area contributed by atoms with Gasteiger partial charge in [-0.2, -0.15) is 0 Å². The number of anilines is 1. The van der Waals surface area contributed by atoms with Gasteiger partial charge in [-0.15, -0.1) is 0 Å². The molecule has 2 aromatic rings. The van der Waals surface area contributed by atoms with Gasteiger partial charge in [0.2, 0.25) is 5.91 Å². The van der Waals surface area contributed by atoms with Gasteiger partial charge in [-0.1, -0.05) is 75.2 Å². The van der Waals surface area contributed by atoms with Gasteiger partial charge >= 0.3 is 11.9 Å². The Hall–Kier alpha value is -3.19. The van der Waals surface area contributed by atoms with Crippen molar-refractivity contribution in [2.75, 3.05) is 18.0 Å². The number of benzene rings is 2. The van der Waals surface area contributed by atoms with E-state index in [4.69, 9.17) is 19.8 Å². The summed E-state index contributed by atoms with van der Waals surface area (Å²) in [5.41, 5.74) is 2.37. The van der Waals surface area contributed by atoms with E-state index >= 15 is 0 Å². The topological polar surface area (TPSA) is 98.2 Å². The van der Waals surface area contributed by atoms with Gasteiger partial charge in [-0.25, -0.2) is 9.59 Å². The second kappa shape index (κ2) is 13.5. The molecule has 1 aliphatic rings. The summed E-state index contributed by atoms with van der Waals surface area (Å²) in [5, 5.41) is 14.8. The van der Waals surface area contributed by atoms with E-state index in [1.54, 1.807) is 0 Å². The third kappa shape index (κ3) is 7.70. The van der Waals surface area contributed by atoms with Crippen LogP contribution in [0.1, 0.15) is 57.9 Å². The Morgan fingerprint density at radius 1 is 0.882 bits per heavy atom. The number of carbonyl (C=O) groups excluding carboxylic acids is 1. The average Bonchev–Trinajstić information content (AvgIpc) is 2.86. The van der Waals surface area contributed by atoms with E-state index < -0.39 is 11.9 Å². The number of carbonyl (C=O) groups is 3. The van der Waals surface area contributed by atoms with Crippen molar-refractivity contribution in [1.82, 2.24) is 4.90 Å². The molecule has 2 N–H and O–H groups in total. The highest BCUT2D eigenvalue weighted by Crippen LogP contribution is 2.38. The third-order valence-electron chi connectivity index (χ3n) is 6.26. The van der Waals surface area contributed by atoms with E-state index in [1.807, 2.05) is 25.1 Å². The second-order valence-corrected chi connectivity index (χ2v) is 8.62. The van der Waals surface area contributed by atoms with Gasteiger partial charge in [-0.05, 0) is 37.0 Å². The van der Waals surface area contributed by atoms with Crippen LogP contribution in [0.4, 0.5) is 5.69 Å². The molecule has 0 aromatic heterocycles. The first-order valence-corrected chi connectivity index (χ1v) is 11.9. The lowest BCUT2D eigenvalue weighted by Gasteiger charge is -2.49. The van der Waals surface area contributed by atoms with Crippen LogP contribution in [-0.4, -0.2) is 51.6 Å². The summed E-state index contributed by atoms with van der Waals surface area (Å²) in [6.07, 6.45) is 6.05. The van der Waals surface area contributed by atoms with Crippen LogP contribution in [0.25, 0.3) is 0 Å². The molecular weight excluding hydrogens is 432 g/mol. The van der Waals surface area contributed by atoms with Crippen molar-refractivity contribution in [3.63, 3.8) is 0 Å². The van der Waals surface area contributed by atoms with E-state index in [9.17, 15) is 4.79 Å². The molecule has 184 valence electrons. The summed E-state index contributed by atoms with van der Waals surface area (Å²) in [7, 11) is 0.